The van der Waals surface area contributed by atoms with E-state index in [9.17, 15) is 44.6 Å². The number of aliphatic hydroxyl groups excluding tert-OH is 1. The van der Waals surface area contributed by atoms with Gasteiger partial charge in [0.2, 0.25) is 5.52 Å². The van der Waals surface area contributed by atoms with Gasteiger partial charge >= 0.3 is 18.5 Å². The van der Waals surface area contributed by atoms with E-state index in [2.05, 4.69) is 6.58 Å². The first-order valence-electron chi connectivity index (χ1n) is 15.5. The summed E-state index contributed by atoms with van der Waals surface area (Å²) >= 11 is 0. The molecule has 12 heteroatoms. The topological polar surface area (TPSA) is 24.1 Å². The van der Waals surface area contributed by atoms with E-state index in [4.69, 9.17) is 0 Å². The number of quaternary nitrogens is 1. The van der Waals surface area contributed by atoms with Crippen LogP contribution in [0.4, 0.5) is 39.5 Å². The molecule has 254 valence electrons. The minimum atomic E-state index is -4.99. The number of aliphatic hydroxyl groups is 1. The van der Waals surface area contributed by atoms with Crippen LogP contribution in [0.1, 0.15) is 52.3 Å². The van der Waals surface area contributed by atoms with Crippen molar-refractivity contribution >= 4 is 10.9 Å². The van der Waals surface area contributed by atoms with Crippen molar-refractivity contribution < 1.29 is 53.7 Å². The van der Waals surface area contributed by atoms with Crippen molar-refractivity contribution in [3.8, 4) is 0 Å². The summed E-state index contributed by atoms with van der Waals surface area (Å²) in [5.41, 5.74) is -2.06. The van der Waals surface area contributed by atoms with Crippen molar-refractivity contribution in [3.05, 3.63) is 125 Å². The zero-order valence-corrected chi connectivity index (χ0v) is 25.6. The molecule has 48 heavy (non-hydrogen) atoms. The molecule has 0 aliphatic carbocycles. The van der Waals surface area contributed by atoms with Crippen LogP contribution in [-0.2, 0) is 31.6 Å². The molecule has 7 rings (SSSR count). The quantitative estimate of drug-likeness (QED) is 0.0897. The third-order valence-electron chi connectivity index (χ3n) is 10.1. The Morgan fingerprint density at radius 3 is 2.10 bits per heavy atom. The lowest BCUT2D eigenvalue weighted by atomic mass is 9.71. The molecule has 0 saturated carbocycles. The number of aromatic nitrogens is 1. The Hall–Kier alpha value is -3.90. The van der Waals surface area contributed by atoms with Crippen molar-refractivity contribution in [2.45, 2.75) is 56.6 Å². The molecule has 0 radical (unpaired) electrons. The fourth-order valence-corrected chi connectivity index (χ4v) is 7.81. The maximum Gasteiger partial charge on any atom is 0.416 e. The zero-order valence-electron chi connectivity index (χ0n) is 25.6. The van der Waals surface area contributed by atoms with E-state index in [-0.39, 0.29) is 41.0 Å². The second-order valence-electron chi connectivity index (χ2n) is 13.0. The maximum atomic E-state index is 13.8. The Labute approximate surface area is 271 Å². The second kappa shape index (κ2) is 12.2. The van der Waals surface area contributed by atoms with Crippen LogP contribution in [0.3, 0.4) is 0 Å². The fourth-order valence-electron chi connectivity index (χ4n) is 7.81. The average molecular weight is 681 g/mol. The van der Waals surface area contributed by atoms with E-state index in [0.29, 0.717) is 48.0 Å². The van der Waals surface area contributed by atoms with Gasteiger partial charge in [0.15, 0.2) is 12.7 Å². The minimum Gasteiger partial charge on any atom is -0.382 e. The molecule has 3 fully saturated rings. The number of para-hydroxylation sites is 1. The number of piperidine rings is 3. The molecule has 1 aromatic heterocycles. The molecule has 4 aromatic rings. The van der Waals surface area contributed by atoms with E-state index < -0.39 is 47.4 Å². The van der Waals surface area contributed by atoms with E-state index in [1.165, 1.54) is 6.07 Å². The van der Waals surface area contributed by atoms with Crippen LogP contribution in [0.2, 0.25) is 0 Å². The predicted molar refractivity (Wildman–Crippen MR) is 160 cm³/mol. The molecular formula is C36H33F9N2O+2. The standard InChI is InChI=1S/C36H33F9N2O/c1-2-24-21-47(20-23-15-27(35(40,41)42)18-28(16-23)36(43,44)45)13-11-25(24)17-32(47)33(48)30-10-12-46(31-9-4-3-8-29(30)31)19-22-6-5-7-26(14-22)34(37,38)39/h2-10,12,14-16,18,24-25,32-33,48H,1,11,13,17,19-21H2/q+2/t24?,25-,32-,33?,47+/m0/s1. The largest absolute Gasteiger partial charge is 0.416 e. The molecule has 0 amide bonds. The Kier molecular flexibility index (Phi) is 8.64. The molecule has 2 unspecified atom stereocenters. The predicted octanol–water partition coefficient (Wildman–Crippen LogP) is 8.88. The number of halogens is 9. The van der Waals surface area contributed by atoms with E-state index in [1.807, 2.05) is 0 Å². The summed E-state index contributed by atoms with van der Waals surface area (Å²) in [6.45, 7) is 4.75. The summed E-state index contributed by atoms with van der Waals surface area (Å²) in [5, 5.41) is 12.7. The highest BCUT2D eigenvalue weighted by Crippen LogP contribution is 2.48. The third-order valence-corrected chi connectivity index (χ3v) is 10.1. The Morgan fingerprint density at radius 2 is 1.46 bits per heavy atom. The molecular weight excluding hydrogens is 647 g/mol. The molecule has 2 bridgehead atoms. The van der Waals surface area contributed by atoms with Gasteiger partial charge < -0.3 is 9.59 Å². The maximum absolute atomic E-state index is 13.8. The first-order valence-corrected chi connectivity index (χ1v) is 15.5. The highest BCUT2D eigenvalue weighted by atomic mass is 19.4. The minimum absolute atomic E-state index is 0.0303. The summed E-state index contributed by atoms with van der Waals surface area (Å²) in [7, 11) is 0. The van der Waals surface area contributed by atoms with E-state index in [0.717, 1.165) is 24.3 Å². The van der Waals surface area contributed by atoms with Crippen LogP contribution in [0.15, 0.2) is 91.6 Å². The number of nitrogens with zero attached hydrogens (tertiary/aromatic N) is 2. The molecule has 3 aromatic carbocycles. The SMILES string of the molecule is C=CC1C[N@+]2(Cc3cc(C(F)(F)F)cc(C(F)(F)F)c3)CC[C@H]1C[C@H]2C(O)c1cc[n+](Cc2cccc(C(F)(F)F)c2)c2ccccc12. The number of fused-ring (bicyclic) bond motifs is 4. The number of hydrogen-bond acceptors (Lipinski definition) is 1. The summed E-state index contributed by atoms with van der Waals surface area (Å²) in [4.78, 5) is 0. The number of alkyl halides is 9. The van der Waals surface area contributed by atoms with E-state index in [1.54, 1.807) is 53.2 Å². The van der Waals surface area contributed by atoms with Gasteiger partial charge in [-0.2, -0.15) is 44.1 Å². The molecule has 1 N–H and O–H groups in total. The summed E-state index contributed by atoms with van der Waals surface area (Å²) < 4.78 is 124. The zero-order chi connectivity index (χ0) is 34.6. The third kappa shape index (κ3) is 6.56. The van der Waals surface area contributed by atoms with Gasteiger partial charge in [0.05, 0.1) is 35.2 Å². The number of benzene rings is 3. The van der Waals surface area contributed by atoms with Crippen LogP contribution in [-0.4, -0.2) is 28.7 Å². The van der Waals surface area contributed by atoms with Crippen molar-refractivity contribution in [2.75, 3.05) is 13.1 Å². The fraction of sp³-hybridized carbons (Fsp3) is 0.361. The number of rotatable bonds is 7. The normalized spacial score (nSPS) is 23.8. The van der Waals surface area contributed by atoms with Crippen molar-refractivity contribution in [2.24, 2.45) is 11.8 Å². The van der Waals surface area contributed by atoms with Crippen LogP contribution < -0.4 is 4.57 Å². The van der Waals surface area contributed by atoms with Crippen LogP contribution in [0, 0.1) is 11.8 Å². The molecule has 5 atom stereocenters. The number of pyridine rings is 1. The lowest BCUT2D eigenvalue weighted by Crippen LogP contribution is -2.67. The molecule has 3 nitrogen and oxygen atoms in total. The molecule has 3 aliphatic rings. The average Bonchev–Trinajstić information content (AvgIpc) is 3.03. The van der Waals surface area contributed by atoms with Crippen molar-refractivity contribution in [3.63, 3.8) is 0 Å². The lowest BCUT2D eigenvalue weighted by Gasteiger charge is -2.58. The van der Waals surface area contributed by atoms with Crippen LogP contribution in [0.5, 0.6) is 0 Å². The summed E-state index contributed by atoms with van der Waals surface area (Å²) in [5.74, 6) is 0.104. The Balaban J connectivity index is 1.39. The van der Waals surface area contributed by atoms with Gasteiger partial charge in [-0.25, -0.2) is 0 Å². The lowest BCUT2D eigenvalue weighted by molar-refractivity contribution is -0.985. The van der Waals surface area contributed by atoms with Crippen LogP contribution >= 0.6 is 0 Å². The molecule has 3 aliphatic heterocycles. The number of hydrogen-bond donors (Lipinski definition) is 1. The highest BCUT2D eigenvalue weighted by molar-refractivity contribution is 5.79. The molecule has 4 heterocycles. The highest BCUT2D eigenvalue weighted by Gasteiger charge is 2.54. The first-order chi connectivity index (χ1) is 22.5. The summed E-state index contributed by atoms with van der Waals surface area (Å²) in [6, 6.07) is 14.9. The monoisotopic (exact) mass is 680 g/mol. The van der Waals surface area contributed by atoms with Gasteiger partial charge in [0.25, 0.3) is 0 Å². The van der Waals surface area contributed by atoms with Crippen LogP contribution in [0.25, 0.3) is 10.9 Å². The van der Waals surface area contributed by atoms with Crippen molar-refractivity contribution in [1.82, 2.24) is 0 Å². The van der Waals surface area contributed by atoms with Gasteiger partial charge in [-0.1, -0.05) is 30.3 Å². The van der Waals surface area contributed by atoms with Gasteiger partial charge in [-0.05, 0) is 42.3 Å². The smallest absolute Gasteiger partial charge is 0.382 e. The molecule has 0 spiro atoms. The van der Waals surface area contributed by atoms with Gasteiger partial charge in [-0.15, -0.1) is 6.58 Å². The van der Waals surface area contributed by atoms with E-state index >= 15 is 0 Å². The van der Waals surface area contributed by atoms with Gasteiger partial charge in [0, 0.05) is 47.6 Å². The summed E-state index contributed by atoms with van der Waals surface area (Å²) in [6.07, 6.45) is -11.0. The van der Waals surface area contributed by atoms with Gasteiger partial charge in [-0.3, -0.25) is 0 Å². The Morgan fingerprint density at radius 1 is 0.812 bits per heavy atom. The molecule has 3 saturated heterocycles. The first kappa shape index (κ1) is 34.0. The van der Waals surface area contributed by atoms with Gasteiger partial charge in [0.1, 0.15) is 18.7 Å². The Bertz CT molecular complexity index is 1800. The van der Waals surface area contributed by atoms with Crippen molar-refractivity contribution in [1.29, 1.82) is 0 Å². The second-order valence-corrected chi connectivity index (χ2v) is 13.0.